The van der Waals surface area contributed by atoms with Crippen molar-refractivity contribution in [1.82, 2.24) is 9.97 Å². The maximum absolute atomic E-state index is 13.0. The molecular formula is C12H11BrFN3O. The summed E-state index contributed by atoms with van der Waals surface area (Å²) in [5, 5.41) is 2.82. The van der Waals surface area contributed by atoms with E-state index in [4.69, 9.17) is 4.74 Å². The van der Waals surface area contributed by atoms with Gasteiger partial charge in [-0.05, 0) is 46.6 Å². The summed E-state index contributed by atoms with van der Waals surface area (Å²) in [6.45, 7) is 1.77. The Morgan fingerprint density at radius 2 is 2.17 bits per heavy atom. The minimum Gasteiger partial charge on any atom is -0.437 e. The van der Waals surface area contributed by atoms with Gasteiger partial charge in [0.15, 0.2) is 0 Å². The number of ether oxygens (including phenoxy) is 1. The molecule has 0 atom stereocenters. The first-order chi connectivity index (χ1) is 8.60. The molecule has 1 aromatic heterocycles. The van der Waals surface area contributed by atoms with Gasteiger partial charge in [-0.25, -0.2) is 9.37 Å². The van der Waals surface area contributed by atoms with Crippen molar-refractivity contribution in [1.29, 1.82) is 0 Å². The molecule has 0 amide bonds. The summed E-state index contributed by atoms with van der Waals surface area (Å²) in [7, 11) is 1.72. The molecule has 18 heavy (non-hydrogen) atoms. The fourth-order valence-electron chi connectivity index (χ4n) is 1.37. The molecule has 0 aliphatic rings. The lowest BCUT2D eigenvalue weighted by molar-refractivity contribution is 0.454. The number of halogens is 2. The number of hydrogen-bond acceptors (Lipinski definition) is 4. The molecule has 0 unspecified atom stereocenters. The molecule has 6 heteroatoms. The van der Waals surface area contributed by atoms with Gasteiger partial charge in [-0.3, -0.25) is 0 Å². The zero-order valence-corrected chi connectivity index (χ0v) is 11.5. The molecule has 1 aromatic carbocycles. The van der Waals surface area contributed by atoms with Crippen LogP contribution in [0, 0.1) is 12.7 Å². The van der Waals surface area contributed by atoms with Crippen LogP contribution >= 0.6 is 15.9 Å². The van der Waals surface area contributed by atoms with Crippen LogP contribution in [0.25, 0.3) is 0 Å². The van der Waals surface area contributed by atoms with Gasteiger partial charge in [0.25, 0.3) is 0 Å². The third-order valence-corrected chi connectivity index (χ3v) is 2.82. The molecule has 1 heterocycles. The van der Waals surface area contributed by atoms with Crippen molar-refractivity contribution in [2.45, 2.75) is 6.92 Å². The highest BCUT2D eigenvalue weighted by Crippen LogP contribution is 2.29. The highest BCUT2D eigenvalue weighted by molar-refractivity contribution is 9.10. The molecule has 0 bridgehead atoms. The summed E-state index contributed by atoms with van der Waals surface area (Å²) in [6.07, 6.45) is 1.59. The minimum atomic E-state index is -0.294. The smallest absolute Gasteiger partial charge is 0.238 e. The van der Waals surface area contributed by atoms with Gasteiger partial charge in [0, 0.05) is 7.05 Å². The SMILES string of the molecule is CNc1ncc(Br)c(Oc2ccc(F)cc2C)n1. The molecule has 0 aliphatic heterocycles. The standard InChI is InChI=1S/C12H11BrFN3O/c1-7-5-8(14)3-4-10(7)18-11-9(13)6-16-12(15-2)17-11/h3-6H,1-2H3,(H,15,16,17). The second-order valence-corrected chi connectivity index (χ2v) is 4.46. The molecule has 2 aromatic rings. The van der Waals surface area contributed by atoms with Crippen LogP contribution in [0.5, 0.6) is 11.6 Å². The van der Waals surface area contributed by atoms with Crippen LogP contribution in [-0.4, -0.2) is 17.0 Å². The predicted octanol–water partition coefficient (Wildman–Crippen LogP) is 3.52. The van der Waals surface area contributed by atoms with E-state index in [0.717, 1.165) is 0 Å². The fourth-order valence-corrected chi connectivity index (χ4v) is 1.65. The number of nitrogens with one attached hydrogen (secondary N) is 1. The van der Waals surface area contributed by atoms with E-state index in [2.05, 4.69) is 31.2 Å². The van der Waals surface area contributed by atoms with Crippen molar-refractivity contribution in [2.75, 3.05) is 12.4 Å². The average molecular weight is 312 g/mol. The van der Waals surface area contributed by atoms with Gasteiger partial charge < -0.3 is 10.1 Å². The van der Waals surface area contributed by atoms with Crippen LogP contribution in [-0.2, 0) is 0 Å². The highest BCUT2D eigenvalue weighted by Gasteiger charge is 2.09. The lowest BCUT2D eigenvalue weighted by Gasteiger charge is -2.10. The van der Waals surface area contributed by atoms with Crippen LogP contribution in [0.4, 0.5) is 10.3 Å². The van der Waals surface area contributed by atoms with Gasteiger partial charge in [-0.1, -0.05) is 0 Å². The number of anilines is 1. The molecule has 0 fully saturated rings. The molecule has 0 aliphatic carbocycles. The maximum atomic E-state index is 13.0. The molecule has 1 N–H and O–H groups in total. The molecule has 0 saturated carbocycles. The second-order valence-electron chi connectivity index (χ2n) is 3.61. The van der Waals surface area contributed by atoms with E-state index < -0.39 is 0 Å². The Bertz CT molecular complexity index is 577. The van der Waals surface area contributed by atoms with Crippen LogP contribution in [0.2, 0.25) is 0 Å². The Kier molecular flexibility index (Phi) is 3.76. The lowest BCUT2D eigenvalue weighted by Crippen LogP contribution is -1.99. The van der Waals surface area contributed by atoms with Crippen molar-refractivity contribution >= 4 is 21.9 Å². The summed E-state index contributed by atoms with van der Waals surface area (Å²) in [5.74, 6) is 1.09. The van der Waals surface area contributed by atoms with Gasteiger partial charge in [0.1, 0.15) is 11.6 Å². The Balaban J connectivity index is 2.33. The van der Waals surface area contributed by atoms with Gasteiger partial charge in [0.2, 0.25) is 11.8 Å². The topological polar surface area (TPSA) is 47.0 Å². The summed E-state index contributed by atoms with van der Waals surface area (Å²) >= 11 is 3.30. The Morgan fingerprint density at radius 3 is 2.83 bits per heavy atom. The third kappa shape index (κ3) is 2.76. The van der Waals surface area contributed by atoms with Crippen LogP contribution < -0.4 is 10.1 Å². The van der Waals surface area contributed by atoms with E-state index in [9.17, 15) is 4.39 Å². The van der Waals surface area contributed by atoms with Crippen molar-refractivity contribution in [3.63, 3.8) is 0 Å². The number of aromatic nitrogens is 2. The van der Waals surface area contributed by atoms with E-state index in [-0.39, 0.29) is 5.82 Å². The van der Waals surface area contributed by atoms with Gasteiger partial charge in [-0.15, -0.1) is 0 Å². The maximum Gasteiger partial charge on any atom is 0.238 e. The molecule has 0 spiro atoms. The summed E-state index contributed by atoms with van der Waals surface area (Å²) in [5.41, 5.74) is 0.700. The number of hydrogen-bond donors (Lipinski definition) is 1. The molecule has 0 radical (unpaired) electrons. The van der Waals surface area contributed by atoms with E-state index >= 15 is 0 Å². The van der Waals surface area contributed by atoms with Crippen molar-refractivity contribution in [2.24, 2.45) is 0 Å². The van der Waals surface area contributed by atoms with Crippen molar-refractivity contribution in [3.05, 3.63) is 40.2 Å². The van der Waals surface area contributed by atoms with Crippen molar-refractivity contribution in [3.8, 4) is 11.6 Å². The first-order valence-electron chi connectivity index (χ1n) is 5.24. The molecular weight excluding hydrogens is 301 g/mol. The Morgan fingerprint density at radius 1 is 1.39 bits per heavy atom. The van der Waals surface area contributed by atoms with E-state index in [1.165, 1.54) is 12.1 Å². The van der Waals surface area contributed by atoms with Gasteiger partial charge in [-0.2, -0.15) is 4.98 Å². The van der Waals surface area contributed by atoms with Crippen LogP contribution in [0.15, 0.2) is 28.9 Å². The van der Waals surface area contributed by atoms with Crippen LogP contribution in [0.3, 0.4) is 0 Å². The Labute approximate surface area is 112 Å². The number of nitrogens with zero attached hydrogens (tertiary/aromatic N) is 2. The van der Waals surface area contributed by atoms with E-state index in [1.54, 1.807) is 26.2 Å². The molecule has 0 saturated heterocycles. The number of benzene rings is 1. The van der Waals surface area contributed by atoms with Gasteiger partial charge >= 0.3 is 0 Å². The second kappa shape index (κ2) is 5.30. The normalized spacial score (nSPS) is 10.2. The summed E-state index contributed by atoms with van der Waals surface area (Å²) in [4.78, 5) is 8.19. The molecule has 4 nitrogen and oxygen atoms in total. The Hall–Kier alpha value is -1.69. The van der Waals surface area contributed by atoms with E-state index in [0.29, 0.717) is 27.6 Å². The quantitative estimate of drug-likeness (QED) is 0.942. The monoisotopic (exact) mass is 311 g/mol. The average Bonchev–Trinajstić information content (AvgIpc) is 2.35. The minimum absolute atomic E-state index is 0.294. The highest BCUT2D eigenvalue weighted by atomic mass is 79.9. The third-order valence-electron chi connectivity index (χ3n) is 2.28. The zero-order valence-electron chi connectivity index (χ0n) is 9.87. The van der Waals surface area contributed by atoms with E-state index in [1.807, 2.05) is 0 Å². The van der Waals surface area contributed by atoms with Crippen molar-refractivity contribution < 1.29 is 9.13 Å². The number of rotatable bonds is 3. The first-order valence-corrected chi connectivity index (χ1v) is 6.03. The molecule has 2 rings (SSSR count). The van der Waals surface area contributed by atoms with Gasteiger partial charge in [0.05, 0.1) is 10.7 Å². The van der Waals surface area contributed by atoms with Crippen LogP contribution in [0.1, 0.15) is 5.56 Å². The first kappa shape index (κ1) is 12.8. The largest absolute Gasteiger partial charge is 0.437 e. The number of aryl methyl sites for hydroxylation is 1. The zero-order chi connectivity index (χ0) is 13.1. The predicted molar refractivity (Wildman–Crippen MR) is 70.5 cm³/mol. The fraction of sp³-hybridized carbons (Fsp3) is 0.167. The lowest BCUT2D eigenvalue weighted by atomic mass is 10.2. The summed E-state index contributed by atoms with van der Waals surface area (Å²) in [6, 6.07) is 4.32. The molecule has 94 valence electrons. The summed E-state index contributed by atoms with van der Waals surface area (Å²) < 4.78 is 19.2.